The average molecular weight is 751 g/mol. The number of rotatable bonds is 3. The number of anilines is 3. The van der Waals surface area contributed by atoms with Crippen molar-refractivity contribution in [3.63, 3.8) is 0 Å². The fourth-order valence-electron chi connectivity index (χ4n) is 10.2. The van der Waals surface area contributed by atoms with Crippen LogP contribution in [-0.4, -0.2) is 20.1 Å². The van der Waals surface area contributed by atoms with Crippen molar-refractivity contribution in [2.75, 3.05) is 4.90 Å². The second-order valence-electron chi connectivity index (χ2n) is 18.7. The number of aromatic nitrogens is 2. The average Bonchev–Trinajstić information content (AvgIpc) is 3.69. The van der Waals surface area contributed by atoms with Gasteiger partial charge in [-0.05, 0) is 114 Å². The molecule has 5 aromatic carbocycles. The smallest absolute Gasteiger partial charge is 0.137 e. The fraction of sp³-hybridized carbons (Fsp3) is 0.294. The lowest BCUT2D eigenvalue weighted by atomic mass is 9.71. The van der Waals surface area contributed by atoms with Gasteiger partial charge in [-0.1, -0.05) is 121 Å². The minimum Gasteiger partial charge on any atom is -0.310 e. The zero-order chi connectivity index (χ0) is 39.2. The van der Waals surface area contributed by atoms with Crippen LogP contribution in [0.4, 0.5) is 17.1 Å². The maximum absolute atomic E-state index is 5.72. The van der Waals surface area contributed by atoms with Crippen LogP contribution in [0.2, 0.25) is 0 Å². The number of aliphatic imine (C=N–C) groups is 1. The van der Waals surface area contributed by atoms with Crippen LogP contribution in [0.3, 0.4) is 0 Å². The lowest BCUT2D eigenvalue weighted by Gasteiger charge is -2.42. The van der Waals surface area contributed by atoms with Gasteiger partial charge in [0.2, 0.25) is 0 Å². The first-order valence-corrected chi connectivity index (χ1v) is 20.8. The van der Waals surface area contributed by atoms with E-state index in [1.54, 1.807) is 0 Å². The molecule has 56 heavy (non-hydrogen) atoms. The Morgan fingerprint density at radius 1 is 0.625 bits per heavy atom. The van der Waals surface area contributed by atoms with Gasteiger partial charge in [0.25, 0.3) is 0 Å². The van der Waals surface area contributed by atoms with Crippen molar-refractivity contribution in [3.8, 4) is 5.82 Å². The summed E-state index contributed by atoms with van der Waals surface area (Å²) in [6, 6.07) is 43.2. The van der Waals surface area contributed by atoms with E-state index < -0.39 is 0 Å². The van der Waals surface area contributed by atoms with E-state index in [0.717, 1.165) is 27.6 Å². The number of hydrogen-bond acceptors (Lipinski definition) is 4. The SMILES string of the molecule is Cc1cc(C2=N[C@]3(C)C(C)(C)c4ccccc4[C@]3(C)S2)cc(N2c3ccccc3C(C)(C)c3cc4c5ccccc5n(-c5cc(C(C)(C)C)ccn5)c4cc32)c1. The molecule has 280 valence electrons. The van der Waals surface area contributed by atoms with Crippen molar-refractivity contribution in [1.82, 2.24) is 9.55 Å². The number of pyridine rings is 1. The van der Waals surface area contributed by atoms with Gasteiger partial charge in [0, 0.05) is 39.1 Å². The summed E-state index contributed by atoms with van der Waals surface area (Å²) in [6.07, 6.45) is 1.97. The quantitative estimate of drug-likeness (QED) is 0.180. The third-order valence-electron chi connectivity index (χ3n) is 13.8. The largest absolute Gasteiger partial charge is 0.310 e. The van der Waals surface area contributed by atoms with Crippen LogP contribution in [0.25, 0.3) is 27.6 Å². The highest BCUT2D eigenvalue weighted by molar-refractivity contribution is 8.15. The molecular weight excluding hydrogens is 701 g/mol. The van der Waals surface area contributed by atoms with E-state index in [1.165, 1.54) is 61.1 Å². The first kappa shape index (κ1) is 35.3. The van der Waals surface area contributed by atoms with Gasteiger partial charge in [-0.15, -0.1) is 0 Å². The van der Waals surface area contributed by atoms with Gasteiger partial charge in [-0.25, -0.2) is 4.98 Å². The molecule has 4 nitrogen and oxygen atoms in total. The van der Waals surface area contributed by atoms with E-state index in [4.69, 9.17) is 9.98 Å². The molecule has 4 heterocycles. The second-order valence-corrected chi connectivity index (χ2v) is 20.1. The lowest BCUT2D eigenvalue weighted by molar-refractivity contribution is 0.264. The molecule has 0 radical (unpaired) electrons. The molecule has 0 bridgehead atoms. The molecule has 0 unspecified atom stereocenters. The van der Waals surface area contributed by atoms with Crippen LogP contribution < -0.4 is 4.90 Å². The topological polar surface area (TPSA) is 33.4 Å². The van der Waals surface area contributed by atoms with Crippen molar-refractivity contribution in [1.29, 1.82) is 0 Å². The van der Waals surface area contributed by atoms with Gasteiger partial charge in [0.15, 0.2) is 0 Å². The molecule has 0 saturated heterocycles. The summed E-state index contributed by atoms with van der Waals surface area (Å²) in [4.78, 5) is 13.2. The minimum absolute atomic E-state index is 0.00242. The molecular formula is C51H50N4S. The molecule has 0 fully saturated rings. The van der Waals surface area contributed by atoms with Crippen molar-refractivity contribution < 1.29 is 0 Å². The van der Waals surface area contributed by atoms with Gasteiger partial charge in [0.05, 0.1) is 37.7 Å². The maximum Gasteiger partial charge on any atom is 0.137 e. The van der Waals surface area contributed by atoms with Crippen molar-refractivity contribution >= 4 is 55.7 Å². The predicted octanol–water partition coefficient (Wildman–Crippen LogP) is 13.4. The van der Waals surface area contributed by atoms with Crippen LogP contribution in [0, 0.1) is 6.92 Å². The van der Waals surface area contributed by atoms with Gasteiger partial charge < -0.3 is 4.90 Å². The zero-order valence-electron chi connectivity index (χ0n) is 34.2. The summed E-state index contributed by atoms with van der Waals surface area (Å²) in [5.41, 5.74) is 14.3. The fourth-order valence-corrected chi connectivity index (χ4v) is 11.9. The Hall–Kier alpha value is -5.13. The molecule has 10 rings (SSSR count). The van der Waals surface area contributed by atoms with E-state index in [-0.39, 0.29) is 26.5 Å². The molecule has 1 aliphatic carbocycles. The Balaban J connectivity index is 1.20. The van der Waals surface area contributed by atoms with E-state index in [9.17, 15) is 0 Å². The highest BCUT2D eigenvalue weighted by Gasteiger charge is 2.66. The Labute approximate surface area is 335 Å². The van der Waals surface area contributed by atoms with Gasteiger partial charge in [-0.2, -0.15) is 0 Å². The third-order valence-corrected chi connectivity index (χ3v) is 15.4. The number of nitrogens with zero attached hydrogens (tertiary/aromatic N) is 4. The van der Waals surface area contributed by atoms with Gasteiger partial charge in [0.1, 0.15) is 5.82 Å². The highest BCUT2D eigenvalue weighted by Crippen LogP contribution is 2.67. The molecule has 2 aromatic heterocycles. The number of thioether (sulfide) groups is 1. The van der Waals surface area contributed by atoms with E-state index in [0.29, 0.717) is 0 Å². The summed E-state index contributed by atoms with van der Waals surface area (Å²) >= 11 is 1.94. The Morgan fingerprint density at radius 2 is 1.32 bits per heavy atom. The maximum atomic E-state index is 5.72. The van der Waals surface area contributed by atoms with E-state index in [2.05, 4.69) is 194 Å². The molecule has 0 amide bonds. The highest BCUT2D eigenvalue weighted by atomic mass is 32.2. The molecule has 0 saturated carbocycles. The van der Waals surface area contributed by atoms with E-state index in [1.807, 2.05) is 18.0 Å². The molecule has 0 N–H and O–H groups in total. The van der Waals surface area contributed by atoms with Crippen molar-refractivity contribution in [2.24, 2.45) is 4.99 Å². The summed E-state index contributed by atoms with van der Waals surface area (Å²) in [5.74, 6) is 0.941. The summed E-state index contributed by atoms with van der Waals surface area (Å²) in [6.45, 7) is 23.3. The van der Waals surface area contributed by atoms with Crippen molar-refractivity contribution in [3.05, 3.63) is 160 Å². The zero-order valence-corrected chi connectivity index (χ0v) is 35.1. The monoisotopic (exact) mass is 750 g/mol. The third kappa shape index (κ3) is 4.61. The summed E-state index contributed by atoms with van der Waals surface area (Å²) in [5, 5.41) is 3.60. The van der Waals surface area contributed by atoms with Crippen LogP contribution in [0.15, 0.2) is 126 Å². The van der Waals surface area contributed by atoms with Gasteiger partial charge in [-0.3, -0.25) is 9.56 Å². The lowest BCUT2D eigenvalue weighted by Crippen LogP contribution is -2.47. The molecule has 5 heteroatoms. The molecule has 2 atom stereocenters. The first-order valence-electron chi connectivity index (χ1n) is 20.0. The predicted molar refractivity (Wildman–Crippen MR) is 238 cm³/mol. The van der Waals surface area contributed by atoms with Crippen LogP contribution in [0.5, 0.6) is 0 Å². The molecule has 3 aliphatic rings. The Kier molecular flexibility index (Phi) is 7.23. The normalized spacial score (nSPS) is 21.8. The van der Waals surface area contributed by atoms with Crippen LogP contribution >= 0.6 is 11.8 Å². The van der Waals surface area contributed by atoms with Crippen LogP contribution in [0.1, 0.15) is 101 Å². The molecule has 7 aromatic rings. The number of fused-ring (bicyclic) bond motifs is 8. The number of aryl methyl sites for hydroxylation is 1. The standard InChI is InChI=1S/C51H50N4S/c1-31-25-32(46-53-51(10)49(7,8)37-18-12-13-19-38(37)50(51,9)56-46)27-34(26-31)54-42-22-16-14-20-39(42)48(5,6)40-29-36-35-17-11-15-21-41(35)55(43(36)30-44(40)54)45-28-33(23-24-52-45)47(2,3)4/h11-30H,1-10H3/t50-,51+/m0/s1. The Morgan fingerprint density at radius 3 is 2.09 bits per heavy atom. The molecule has 0 spiro atoms. The second kappa shape index (κ2) is 11.5. The molecule has 2 aliphatic heterocycles. The van der Waals surface area contributed by atoms with Crippen molar-refractivity contribution in [2.45, 2.75) is 95.8 Å². The minimum atomic E-state index is -0.292. The number of para-hydroxylation sites is 2. The first-order chi connectivity index (χ1) is 26.5. The van der Waals surface area contributed by atoms with Gasteiger partial charge >= 0.3 is 0 Å². The van der Waals surface area contributed by atoms with E-state index >= 15 is 0 Å². The van der Waals surface area contributed by atoms with Crippen LogP contribution in [-0.2, 0) is 21.0 Å². The Bertz CT molecular complexity index is 2830. The summed E-state index contributed by atoms with van der Waals surface area (Å²) in [7, 11) is 0. The number of hydrogen-bond donors (Lipinski definition) is 0. The summed E-state index contributed by atoms with van der Waals surface area (Å²) < 4.78 is 2.20. The number of benzene rings is 5.